The summed E-state index contributed by atoms with van der Waals surface area (Å²) in [5, 5.41) is 20.4. The van der Waals surface area contributed by atoms with Crippen LogP contribution in [0.3, 0.4) is 0 Å². The van der Waals surface area contributed by atoms with Crippen molar-refractivity contribution in [1.29, 1.82) is 0 Å². The van der Waals surface area contributed by atoms with E-state index in [1.807, 2.05) is 78.9 Å². The predicted molar refractivity (Wildman–Crippen MR) is 137 cm³/mol. The molecule has 0 aromatic heterocycles. The molecule has 1 heterocycles. The van der Waals surface area contributed by atoms with E-state index in [0.29, 0.717) is 19.4 Å². The van der Waals surface area contributed by atoms with Crippen LogP contribution < -0.4 is 9.47 Å². The molecule has 2 N–H and O–H groups in total. The second-order valence-corrected chi connectivity index (χ2v) is 8.89. The van der Waals surface area contributed by atoms with Crippen molar-refractivity contribution in [2.24, 2.45) is 0 Å². The molecule has 7 nitrogen and oxygen atoms in total. The molecule has 0 bridgehead atoms. The van der Waals surface area contributed by atoms with Gasteiger partial charge in [0.1, 0.15) is 17.1 Å². The highest BCUT2D eigenvalue weighted by atomic mass is 16.5. The largest absolute Gasteiger partial charge is 0.497 e. The number of likely N-dealkylation sites (tertiary alicyclic amines) is 1. The number of nitrogens with zero attached hydrogens (tertiary/aromatic N) is 1. The van der Waals surface area contributed by atoms with Crippen molar-refractivity contribution in [1.82, 2.24) is 4.90 Å². The van der Waals surface area contributed by atoms with Gasteiger partial charge in [-0.25, -0.2) is 4.79 Å². The zero-order valence-corrected chi connectivity index (χ0v) is 20.7. The van der Waals surface area contributed by atoms with Gasteiger partial charge in [-0.15, -0.1) is 0 Å². The number of aliphatic hydroxyl groups excluding tert-OH is 1. The monoisotopic (exact) mass is 491 g/mol. The Hall–Kier alpha value is -3.55. The number of aliphatic hydroxyl groups is 1. The van der Waals surface area contributed by atoms with E-state index in [1.165, 1.54) is 4.90 Å². The van der Waals surface area contributed by atoms with Gasteiger partial charge in [0.15, 0.2) is 0 Å². The third kappa shape index (κ3) is 5.17. The average molecular weight is 492 g/mol. The van der Waals surface area contributed by atoms with E-state index >= 15 is 0 Å². The molecule has 1 fully saturated rings. The number of ether oxygens (including phenoxy) is 3. The van der Waals surface area contributed by atoms with Crippen LogP contribution in [0.25, 0.3) is 0 Å². The van der Waals surface area contributed by atoms with Crippen molar-refractivity contribution in [2.75, 3.05) is 27.4 Å². The molecule has 4 rings (SSSR count). The van der Waals surface area contributed by atoms with E-state index in [4.69, 9.17) is 14.2 Å². The van der Waals surface area contributed by atoms with Crippen molar-refractivity contribution >= 4 is 6.09 Å². The number of amides is 1. The molecule has 1 amide bonds. The molecule has 0 spiro atoms. The van der Waals surface area contributed by atoms with Gasteiger partial charge in [-0.05, 0) is 60.2 Å². The highest BCUT2D eigenvalue weighted by Gasteiger charge is 2.39. The summed E-state index contributed by atoms with van der Waals surface area (Å²) < 4.78 is 17.5. The van der Waals surface area contributed by atoms with Crippen molar-refractivity contribution in [3.8, 4) is 11.5 Å². The smallest absolute Gasteiger partial charge is 0.407 e. The Bertz CT molecular complexity index is 1070. The topological polar surface area (TPSA) is 88.5 Å². The molecule has 7 heteroatoms. The van der Waals surface area contributed by atoms with Crippen LogP contribution >= 0.6 is 0 Å². The summed E-state index contributed by atoms with van der Waals surface area (Å²) in [5.41, 5.74) is 1.77. The highest BCUT2D eigenvalue weighted by Crippen LogP contribution is 2.42. The minimum absolute atomic E-state index is 0.220. The molecular weight excluding hydrogens is 458 g/mol. The van der Waals surface area contributed by atoms with Gasteiger partial charge in [0, 0.05) is 6.54 Å². The van der Waals surface area contributed by atoms with Gasteiger partial charge < -0.3 is 29.3 Å². The Balaban J connectivity index is 1.71. The van der Waals surface area contributed by atoms with Crippen LogP contribution in [0, 0.1) is 0 Å². The molecule has 3 aromatic carbocycles. The van der Waals surface area contributed by atoms with E-state index in [9.17, 15) is 15.0 Å². The molecular formula is C29H33NO6. The maximum atomic E-state index is 11.6. The van der Waals surface area contributed by atoms with Crippen LogP contribution in [0.4, 0.5) is 4.79 Å². The number of hydrogen-bond acceptors (Lipinski definition) is 5. The fourth-order valence-corrected chi connectivity index (χ4v) is 5.03. The van der Waals surface area contributed by atoms with Gasteiger partial charge in [0.25, 0.3) is 0 Å². The van der Waals surface area contributed by atoms with Crippen molar-refractivity contribution in [3.63, 3.8) is 0 Å². The van der Waals surface area contributed by atoms with Crippen LogP contribution in [-0.4, -0.2) is 60.7 Å². The van der Waals surface area contributed by atoms with E-state index in [-0.39, 0.29) is 6.61 Å². The Morgan fingerprint density at radius 1 is 0.917 bits per heavy atom. The summed E-state index contributed by atoms with van der Waals surface area (Å²) in [6, 6.07) is 25.1. The Labute approximate surface area is 211 Å². The lowest BCUT2D eigenvalue weighted by Gasteiger charge is -2.37. The fraction of sp³-hybridized carbons (Fsp3) is 0.345. The third-order valence-corrected chi connectivity index (χ3v) is 6.89. The fourth-order valence-electron chi connectivity index (χ4n) is 5.03. The summed E-state index contributed by atoms with van der Waals surface area (Å²) in [6.07, 6.45) is -0.110. The number of carbonyl (C=O) groups is 1. The summed E-state index contributed by atoms with van der Waals surface area (Å²) in [7, 11) is 3.26. The van der Waals surface area contributed by atoms with E-state index in [1.54, 1.807) is 14.2 Å². The predicted octanol–water partition coefficient (Wildman–Crippen LogP) is 4.91. The SMILES string of the molecule is COc1ccc(C(OCCC(O)C2CCCN2C(=O)O)(c2ccccc2)c2ccc(OC)cc2)cc1. The zero-order valence-electron chi connectivity index (χ0n) is 20.7. The lowest BCUT2D eigenvalue weighted by Crippen LogP contribution is -2.43. The lowest BCUT2D eigenvalue weighted by atomic mass is 9.80. The van der Waals surface area contributed by atoms with Crippen molar-refractivity contribution < 1.29 is 29.2 Å². The summed E-state index contributed by atoms with van der Waals surface area (Å²) in [5.74, 6) is 1.47. The maximum Gasteiger partial charge on any atom is 0.407 e. The molecule has 0 saturated carbocycles. The number of carboxylic acid groups (broad SMARTS) is 1. The molecule has 1 aliphatic rings. The maximum absolute atomic E-state index is 11.6. The van der Waals surface area contributed by atoms with Gasteiger partial charge in [-0.3, -0.25) is 0 Å². The van der Waals surface area contributed by atoms with Crippen molar-refractivity contribution in [2.45, 2.75) is 37.0 Å². The first kappa shape index (κ1) is 25.5. The van der Waals surface area contributed by atoms with Crippen LogP contribution in [-0.2, 0) is 10.3 Å². The number of hydrogen-bond donors (Lipinski definition) is 2. The van der Waals surface area contributed by atoms with Gasteiger partial charge in [-0.1, -0.05) is 54.6 Å². The Morgan fingerprint density at radius 3 is 1.94 bits per heavy atom. The summed E-state index contributed by atoms with van der Waals surface area (Å²) in [6.45, 7) is 0.668. The molecule has 3 aromatic rings. The minimum atomic E-state index is -0.993. The van der Waals surface area contributed by atoms with Gasteiger partial charge in [0.05, 0.1) is 33.0 Å². The van der Waals surface area contributed by atoms with Gasteiger partial charge in [0.2, 0.25) is 0 Å². The standard InChI is InChI=1S/C29H33NO6/c1-34-24-14-10-22(11-15-24)29(21-7-4-3-5-8-21,23-12-16-25(35-2)17-13-23)36-20-18-27(31)26-9-6-19-30(26)28(32)33/h3-5,7-8,10-17,26-27,31H,6,9,18-20H2,1-2H3,(H,32,33). The Kier molecular flexibility index (Phi) is 8.13. The third-order valence-electron chi connectivity index (χ3n) is 6.89. The van der Waals surface area contributed by atoms with Crippen LogP contribution in [0.2, 0.25) is 0 Å². The van der Waals surface area contributed by atoms with E-state index in [0.717, 1.165) is 34.6 Å². The quantitative estimate of drug-likeness (QED) is 0.392. The summed E-state index contributed by atoms with van der Waals surface area (Å²) >= 11 is 0. The second-order valence-electron chi connectivity index (χ2n) is 8.89. The first-order valence-corrected chi connectivity index (χ1v) is 12.2. The normalized spacial score (nSPS) is 16.5. The first-order chi connectivity index (χ1) is 17.5. The number of benzene rings is 3. The first-order valence-electron chi connectivity index (χ1n) is 12.2. The number of rotatable bonds is 10. The molecule has 1 saturated heterocycles. The lowest BCUT2D eigenvalue weighted by molar-refractivity contribution is -0.0175. The highest BCUT2D eigenvalue weighted by molar-refractivity contribution is 5.65. The van der Waals surface area contributed by atoms with Gasteiger partial charge in [-0.2, -0.15) is 0 Å². The van der Waals surface area contributed by atoms with Crippen LogP contribution in [0.5, 0.6) is 11.5 Å². The molecule has 36 heavy (non-hydrogen) atoms. The van der Waals surface area contributed by atoms with E-state index in [2.05, 4.69) is 0 Å². The van der Waals surface area contributed by atoms with Crippen LogP contribution in [0.1, 0.15) is 36.0 Å². The molecule has 2 unspecified atom stereocenters. The molecule has 2 atom stereocenters. The average Bonchev–Trinajstić information content (AvgIpc) is 3.43. The van der Waals surface area contributed by atoms with Crippen LogP contribution in [0.15, 0.2) is 78.9 Å². The zero-order chi connectivity index (χ0) is 25.5. The second kappa shape index (κ2) is 11.5. The van der Waals surface area contributed by atoms with Crippen molar-refractivity contribution in [3.05, 3.63) is 95.6 Å². The molecule has 0 aliphatic carbocycles. The summed E-state index contributed by atoms with van der Waals surface area (Å²) in [4.78, 5) is 12.9. The minimum Gasteiger partial charge on any atom is -0.497 e. The van der Waals surface area contributed by atoms with Gasteiger partial charge >= 0.3 is 6.09 Å². The molecule has 1 aliphatic heterocycles. The molecule has 190 valence electrons. The Morgan fingerprint density at radius 2 is 1.44 bits per heavy atom. The van der Waals surface area contributed by atoms with E-state index < -0.39 is 23.8 Å². The number of methoxy groups -OCH3 is 2. The molecule has 0 radical (unpaired) electrons.